The Bertz CT molecular complexity index is 1020. The Morgan fingerprint density at radius 3 is 2.48 bits per heavy atom. The molecule has 0 amide bonds. The van der Waals surface area contributed by atoms with Crippen molar-refractivity contribution >= 4 is 38.9 Å². The highest BCUT2D eigenvalue weighted by Crippen LogP contribution is 2.32. The van der Waals surface area contributed by atoms with Gasteiger partial charge >= 0.3 is 5.71 Å². The van der Waals surface area contributed by atoms with Gasteiger partial charge in [0.2, 0.25) is 5.84 Å². The Kier molecular flexibility index (Phi) is 4.47. The number of halogens is 1. The summed E-state index contributed by atoms with van der Waals surface area (Å²) in [6.07, 6.45) is 0. The Morgan fingerprint density at radius 1 is 1.20 bits per heavy atom. The first kappa shape index (κ1) is 17.4. The number of hydrogen-bond donors (Lipinski definition) is 0. The third-order valence-corrected chi connectivity index (χ3v) is 5.43. The van der Waals surface area contributed by atoms with Gasteiger partial charge in [-0.2, -0.15) is 13.2 Å². The number of benzene rings is 2. The highest BCUT2D eigenvalue weighted by molar-refractivity contribution is 7.90. The molecule has 6 nitrogen and oxygen atoms in total. The van der Waals surface area contributed by atoms with Crippen molar-refractivity contribution in [3.63, 3.8) is 0 Å². The molecule has 3 rings (SSSR count). The van der Waals surface area contributed by atoms with E-state index in [1.54, 1.807) is 35.2 Å². The Hall–Kier alpha value is -2.47. The van der Waals surface area contributed by atoms with Crippen LogP contribution in [0.15, 0.2) is 51.8 Å². The van der Waals surface area contributed by atoms with Crippen molar-refractivity contribution in [3.8, 4) is 0 Å². The third-order valence-electron chi connectivity index (χ3n) is 3.91. The van der Waals surface area contributed by atoms with Crippen LogP contribution in [0.3, 0.4) is 0 Å². The standard InChI is InChI=1S/C17H15ClN4O2S/c1-3-22-15-9-6-12(18)10-14(15)16(20-19)17(22)21-25(23,24)13-7-4-11(2)5-8-13/h4-10H,3H2,1-2H3/b21-17-. The van der Waals surface area contributed by atoms with Crippen molar-refractivity contribution in [1.29, 1.82) is 0 Å². The molecule has 1 heterocycles. The summed E-state index contributed by atoms with van der Waals surface area (Å²) in [4.78, 5) is 5.01. The van der Waals surface area contributed by atoms with Gasteiger partial charge in [-0.25, -0.2) is 0 Å². The molecular weight excluding hydrogens is 360 g/mol. The molecule has 0 unspecified atom stereocenters. The van der Waals surface area contributed by atoms with Gasteiger partial charge < -0.3 is 10.4 Å². The van der Waals surface area contributed by atoms with E-state index in [1.165, 1.54) is 12.1 Å². The SMILES string of the molecule is CCN1/C(=N\S(=O)(=O)c2ccc(C)cc2)C(=[N+]=[N-])c2cc(Cl)ccc21. The molecular formula is C17H15ClN4O2S. The van der Waals surface area contributed by atoms with Crippen LogP contribution in [0.4, 0.5) is 5.69 Å². The maximum absolute atomic E-state index is 12.7. The van der Waals surface area contributed by atoms with E-state index >= 15 is 0 Å². The lowest BCUT2D eigenvalue weighted by Crippen LogP contribution is -2.31. The molecule has 0 radical (unpaired) electrons. The second-order valence-corrected chi connectivity index (χ2v) is 7.60. The molecule has 0 saturated heterocycles. The zero-order valence-electron chi connectivity index (χ0n) is 13.6. The molecule has 1 aliphatic heterocycles. The lowest BCUT2D eigenvalue weighted by atomic mass is 10.1. The predicted molar refractivity (Wildman–Crippen MR) is 98.0 cm³/mol. The van der Waals surface area contributed by atoms with E-state index in [4.69, 9.17) is 11.6 Å². The van der Waals surface area contributed by atoms with Gasteiger partial charge in [-0.3, -0.25) is 0 Å². The van der Waals surface area contributed by atoms with Gasteiger partial charge in [0.05, 0.1) is 16.1 Å². The van der Waals surface area contributed by atoms with E-state index in [1.807, 2.05) is 13.8 Å². The molecule has 0 aromatic heterocycles. The summed E-state index contributed by atoms with van der Waals surface area (Å²) in [5.41, 5.74) is 11.7. The topological polar surface area (TPSA) is 86.1 Å². The maximum Gasteiger partial charge on any atom is 0.367 e. The summed E-state index contributed by atoms with van der Waals surface area (Å²) < 4.78 is 29.3. The average molecular weight is 375 g/mol. The van der Waals surface area contributed by atoms with E-state index in [2.05, 4.69) is 9.19 Å². The number of hydrogen-bond acceptors (Lipinski definition) is 2. The predicted octanol–water partition coefficient (Wildman–Crippen LogP) is 3.29. The minimum atomic E-state index is -3.95. The summed E-state index contributed by atoms with van der Waals surface area (Å²) in [5, 5.41) is 0.457. The Morgan fingerprint density at radius 2 is 1.88 bits per heavy atom. The van der Waals surface area contributed by atoms with Crippen molar-refractivity contribution in [1.82, 2.24) is 0 Å². The van der Waals surface area contributed by atoms with Crippen LogP contribution in [-0.2, 0) is 10.0 Å². The molecule has 1 aliphatic rings. The molecule has 25 heavy (non-hydrogen) atoms. The second-order valence-electron chi connectivity index (χ2n) is 5.56. The zero-order valence-corrected chi connectivity index (χ0v) is 15.2. The smallest absolute Gasteiger partial charge is 0.361 e. The normalized spacial score (nSPS) is 15.4. The van der Waals surface area contributed by atoms with Crippen molar-refractivity contribution in [2.75, 3.05) is 11.4 Å². The number of nitrogens with zero attached hydrogens (tertiary/aromatic N) is 4. The number of fused-ring (bicyclic) bond motifs is 1. The van der Waals surface area contributed by atoms with Crippen LogP contribution in [0.1, 0.15) is 18.1 Å². The molecule has 2 aromatic carbocycles. The van der Waals surface area contributed by atoms with E-state index in [9.17, 15) is 13.9 Å². The number of anilines is 1. The molecule has 2 aromatic rings. The summed E-state index contributed by atoms with van der Waals surface area (Å²) in [6, 6.07) is 11.5. The van der Waals surface area contributed by atoms with Gasteiger partial charge in [0.15, 0.2) is 0 Å². The van der Waals surface area contributed by atoms with E-state index in [0.717, 1.165) is 5.56 Å². The summed E-state index contributed by atoms with van der Waals surface area (Å²) in [6.45, 7) is 4.18. The van der Waals surface area contributed by atoms with Crippen LogP contribution < -0.4 is 4.90 Å². The lowest BCUT2D eigenvalue weighted by Gasteiger charge is -2.15. The van der Waals surface area contributed by atoms with E-state index in [-0.39, 0.29) is 16.4 Å². The summed E-state index contributed by atoms with van der Waals surface area (Å²) >= 11 is 6.01. The monoisotopic (exact) mass is 374 g/mol. The van der Waals surface area contributed by atoms with Crippen molar-refractivity contribution in [2.45, 2.75) is 18.7 Å². The van der Waals surface area contributed by atoms with Gasteiger partial charge in [0.25, 0.3) is 10.0 Å². The second kappa shape index (κ2) is 6.44. The summed E-state index contributed by atoms with van der Waals surface area (Å²) in [5.74, 6) is 0.0721. The number of aryl methyl sites for hydroxylation is 1. The number of rotatable bonds is 3. The fourth-order valence-corrected chi connectivity index (χ4v) is 3.85. The average Bonchev–Trinajstić information content (AvgIpc) is 2.86. The zero-order chi connectivity index (χ0) is 18.2. The molecule has 0 bridgehead atoms. The quantitative estimate of drug-likeness (QED) is 0.610. The molecule has 0 N–H and O–H groups in total. The van der Waals surface area contributed by atoms with Crippen LogP contribution in [-0.4, -0.2) is 31.3 Å². The van der Waals surface area contributed by atoms with Crippen LogP contribution in [0.5, 0.6) is 0 Å². The first-order valence-electron chi connectivity index (χ1n) is 7.59. The molecule has 0 spiro atoms. The molecule has 0 saturated carbocycles. The summed E-state index contributed by atoms with van der Waals surface area (Å²) in [7, 11) is -3.95. The largest absolute Gasteiger partial charge is 0.367 e. The third kappa shape index (κ3) is 3.09. The van der Waals surface area contributed by atoms with Gasteiger partial charge in [0.1, 0.15) is 0 Å². The number of amidine groups is 1. The Balaban J connectivity index is 2.17. The molecule has 0 aliphatic carbocycles. The highest BCUT2D eigenvalue weighted by Gasteiger charge is 2.39. The van der Waals surface area contributed by atoms with E-state index < -0.39 is 10.0 Å². The van der Waals surface area contributed by atoms with Gasteiger partial charge in [-0.05, 0) is 44.2 Å². The molecule has 8 heteroatoms. The van der Waals surface area contributed by atoms with Gasteiger partial charge in [0, 0.05) is 11.6 Å². The Labute approximate surface area is 151 Å². The first-order valence-corrected chi connectivity index (χ1v) is 9.40. The minimum absolute atomic E-state index is 0.0721. The molecule has 128 valence electrons. The van der Waals surface area contributed by atoms with Crippen LogP contribution in [0.2, 0.25) is 5.02 Å². The minimum Gasteiger partial charge on any atom is -0.361 e. The number of likely N-dealkylation sites (N-methyl/N-ethyl adjacent to an activating group) is 1. The molecule has 0 atom stereocenters. The van der Waals surface area contributed by atoms with Gasteiger partial charge in [-0.1, -0.05) is 29.3 Å². The van der Waals surface area contributed by atoms with Crippen LogP contribution in [0, 0.1) is 6.92 Å². The van der Waals surface area contributed by atoms with E-state index in [0.29, 0.717) is 22.8 Å². The fraction of sp³-hybridized carbons (Fsp3) is 0.176. The number of sulfonamides is 1. The van der Waals surface area contributed by atoms with Crippen LogP contribution in [0.25, 0.3) is 5.53 Å². The van der Waals surface area contributed by atoms with Gasteiger partial charge in [-0.15, -0.1) is 4.40 Å². The fourth-order valence-electron chi connectivity index (χ4n) is 2.68. The maximum atomic E-state index is 12.7. The lowest BCUT2D eigenvalue weighted by molar-refractivity contribution is -0.000211. The highest BCUT2D eigenvalue weighted by atomic mass is 35.5. The van der Waals surface area contributed by atoms with Crippen LogP contribution >= 0.6 is 11.6 Å². The molecule has 0 fully saturated rings. The van der Waals surface area contributed by atoms with Crippen molar-refractivity contribution < 1.29 is 13.2 Å². The first-order chi connectivity index (χ1) is 11.9. The van der Waals surface area contributed by atoms with Crippen molar-refractivity contribution in [3.05, 3.63) is 64.1 Å². The van der Waals surface area contributed by atoms with Crippen molar-refractivity contribution in [2.24, 2.45) is 4.40 Å².